The number of rotatable bonds is 11. The average molecular weight is 647 g/mol. The first-order valence-electron chi connectivity index (χ1n) is 13.2. The van der Waals surface area contributed by atoms with Crippen LogP contribution >= 0.6 is 27.5 Å². The molecule has 1 N–H and O–H groups in total. The van der Waals surface area contributed by atoms with Crippen LogP contribution in [0.5, 0.6) is 0 Å². The average Bonchev–Trinajstić information content (AvgIpc) is 3.43. The zero-order valence-electron chi connectivity index (χ0n) is 22.3. The van der Waals surface area contributed by atoms with Crippen LogP contribution in [0.15, 0.2) is 83.3 Å². The van der Waals surface area contributed by atoms with Gasteiger partial charge in [-0.15, -0.1) is 0 Å². The van der Waals surface area contributed by atoms with E-state index in [4.69, 9.17) is 11.6 Å². The molecule has 212 valence electrons. The summed E-state index contributed by atoms with van der Waals surface area (Å²) in [5, 5.41) is 3.37. The number of para-hydroxylation sites is 1. The summed E-state index contributed by atoms with van der Waals surface area (Å²) in [5.41, 5.74) is 1.91. The molecule has 0 aliphatic heterocycles. The van der Waals surface area contributed by atoms with Crippen molar-refractivity contribution in [3.05, 3.63) is 99.5 Å². The Bertz CT molecular complexity index is 1430. The van der Waals surface area contributed by atoms with E-state index in [-0.39, 0.29) is 35.6 Å². The van der Waals surface area contributed by atoms with Gasteiger partial charge < -0.3 is 10.2 Å². The number of halogens is 2. The zero-order valence-corrected chi connectivity index (χ0v) is 25.5. The van der Waals surface area contributed by atoms with Gasteiger partial charge >= 0.3 is 0 Å². The Kier molecular flexibility index (Phi) is 10.3. The van der Waals surface area contributed by atoms with Crippen LogP contribution in [0.3, 0.4) is 0 Å². The third-order valence-corrected chi connectivity index (χ3v) is 8.95. The molecule has 40 heavy (non-hydrogen) atoms. The maximum absolute atomic E-state index is 14.1. The van der Waals surface area contributed by atoms with Gasteiger partial charge in [0.2, 0.25) is 21.8 Å². The second-order valence-electron chi connectivity index (χ2n) is 10.1. The SMILES string of the molecule is CS(=O)(=O)N(CC(=O)N(Cc1cccc(Br)c1)[C@@H](Cc1ccccc1)C(=O)NC1CCCC1)c1ccccc1Cl. The molecule has 2 amide bonds. The van der Waals surface area contributed by atoms with Crippen LogP contribution in [0.25, 0.3) is 0 Å². The summed E-state index contributed by atoms with van der Waals surface area (Å²) in [6.07, 6.45) is 5.22. The molecular formula is C30H33BrClN3O4S. The van der Waals surface area contributed by atoms with E-state index >= 15 is 0 Å². The first kappa shape index (κ1) is 30.1. The molecule has 3 aromatic carbocycles. The molecule has 1 atom stereocenters. The van der Waals surface area contributed by atoms with E-state index in [1.165, 1.54) is 4.90 Å². The Hall–Kier alpha value is -2.88. The smallest absolute Gasteiger partial charge is 0.244 e. The van der Waals surface area contributed by atoms with Gasteiger partial charge in [-0.25, -0.2) is 8.42 Å². The first-order chi connectivity index (χ1) is 19.1. The number of hydrogen-bond donors (Lipinski definition) is 1. The lowest BCUT2D eigenvalue weighted by atomic mass is 10.0. The van der Waals surface area contributed by atoms with Crippen molar-refractivity contribution in [1.82, 2.24) is 10.2 Å². The lowest BCUT2D eigenvalue weighted by Gasteiger charge is -2.34. The summed E-state index contributed by atoms with van der Waals surface area (Å²) in [6.45, 7) is -0.382. The number of amides is 2. The number of sulfonamides is 1. The summed E-state index contributed by atoms with van der Waals surface area (Å²) >= 11 is 9.84. The number of nitrogens with zero attached hydrogens (tertiary/aromatic N) is 2. The Morgan fingerprint density at radius 1 is 0.975 bits per heavy atom. The molecule has 3 aromatic rings. The molecule has 0 unspecified atom stereocenters. The van der Waals surface area contributed by atoms with Crippen LogP contribution in [0, 0.1) is 0 Å². The van der Waals surface area contributed by atoms with E-state index in [1.54, 1.807) is 24.3 Å². The lowest BCUT2D eigenvalue weighted by molar-refractivity contribution is -0.140. The fourth-order valence-corrected chi connectivity index (χ4v) is 6.60. The van der Waals surface area contributed by atoms with Gasteiger partial charge in [0.05, 0.1) is 17.0 Å². The van der Waals surface area contributed by atoms with Crippen molar-refractivity contribution in [2.75, 3.05) is 17.1 Å². The van der Waals surface area contributed by atoms with Gasteiger partial charge in [-0.1, -0.05) is 95.0 Å². The molecule has 4 rings (SSSR count). The fourth-order valence-electron chi connectivity index (χ4n) is 5.00. The topological polar surface area (TPSA) is 86.8 Å². The normalized spacial score (nSPS) is 14.5. The second-order valence-corrected chi connectivity index (χ2v) is 13.3. The van der Waals surface area contributed by atoms with Gasteiger partial charge in [0.1, 0.15) is 12.6 Å². The third-order valence-electron chi connectivity index (χ3n) is 7.01. The quantitative estimate of drug-likeness (QED) is 0.295. The van der Waals surface area contributed by atoms with Crippen molar-refractivity contribution in [1.29, 1.82) is 0 Å². The highest BCUT2D eigenvalue weighted by Gasteiger charge is 2.34. The molecule has 0 heterocycles. The van der Waals surface area contributed by atoms with E-state index in [0.29, 0.717) is 0 Å². The lowest BCUT2D eigenvalue weighted by Crippen LogP contribution is -2.54. The summed E-state index contributed by atoms with van der Waals surface area (Å²) in [6, 6.07) is 22.7. The van der Waals surface area contributed by atoms with Crippen LogP contribution in [-0.2, 0) is 32.6 Å². The number of benzene rings is 3. The van der Waals surface area contributed by atoms with Gasteiger partial charge in [-0.05, 0) is 48.2 Å². The molecule has 1 aliphatic rings. The number of carbonyl (C=O) groups excluding carboxylic acids is 2. The van der Waals surface area contributed by atoms with E-state index in [0.717, 1.165) is 51.8 Å². The molecule has 0 saturated heterocycles. The van der Waals surface area contributed by atoms with Crippen LogP contribution in [0.2, 0.25) is 5.02 Å². The zero-order chi connectivity index (χ0) is 28.7. The molecule has 0 spiro atoms. The molecular weight excluding hydrogens is 614 g/mol. The minimum Gasteiger partial charge on any atom is -0.352 e. The number of nitrogens with one attached hydrogen (secondary N) is 1. The number of anilines is 1. The molecule has 10 heteroatoms. The van der Waals surface area contributed by atoms with Crippen molar-refractivity contribution >= 4 is 55.1 Å². The highest BCUT2D eigenvalue weighted by Crippen LogP contribution is 2.28. The van der Waals surface area contributed by atoms with Gasteiger partial charge in [0.25, 0.3) is 0 Å². The molecule has 1 aliphatic carbocycles. The maximum Gasteiger partial charge on any atom is 0.244 e. The van der Waals surface area contributed by atoms with E-state index in [2.05, 4.69) is 21.2 Å². The van der Waals surface area contributed by atoms with Crippen LogP contribution in [-0.4, -0.2) is 50.0 Å². The minimum atomic E-state index is -3.88. The third kappa shape index (κ3) is 8.08. The molecule has 1 saturated carbocycles. The molecule has 0 bridgehead atoms. The number of carbonyl (C=O) groups is 2. The molecule has 1 fully saturated rings. The van der Waals surface area contributed by atoms with E-state index in [9.17, 15) is 18.0 Å². The Balaban J connectivity index is 1.73. The summed E-state index contributed by atoms with van der Waals surface area (Å²) in [7, 11) is -3.88. The van der Waals surface area contributed by atoms with E-state index in [1.807, 2.05) is 54.6 Å². The van der Waals surface area contributed by atoms with Crippen LogP contribution in [0.4, 0.5) is 5.69 Å². The standard InChI is InChI=1S/C30H33BrClN3O4S/c1-40(38,39)35(27-17-8-7-16-26(27)32)21-29(36)34(20-23-12-9-13-24(31)18-23)28(19-22-10-3-2-4-11-22)30(37)33-25-14-5-6-15-25/h2-4,7-13,16-18,25,28H,5-6,14-15,19-21H2,1H3,(H,33,37)/t28-/m0/s1. The van der Waals surface area contributed by atoms with Gasteiger partial charge in [-0.2, -0.15) is 0 Å². The molecule has 0 aromatic heterocycles. The molecule has 0 radical (unpaired) electrons. The Morgan fingerprint density at radius 3 is 2.27 bits per heavy atom. The fraction of sp³-hybridized carbons (Fsp3) is 0.333. The van der Waals surface area contributed by atoms with Crippen LogP contribution < -0.4 is 9.62 Å². The van der Waals surface area contributed by atoms with Crippen molar-refractivity contribution < 1.29 is 18.0 Å². The predicted molar refractivity (Wildman–Crippen MR) is 163 cm³/mol. The predicted octanol–water partition coefficient (Wildman–Crippen LogP) is 5.57. The van der Waals surface area contributed by atoms with Gasteiger partial charge in [-0.3, -0.25) is 13.9 Å². The van der Waals surface area contributed by atoms with Crippen LogP contribution in [0.1, 0.15) is 36.8 Å². The Labute approximate surface area is 249 Å². The van der Waals surface area contributed by atoms with Crippen molar-refractivity contribution in [2.24, 2.45) is 0 Å². The highest BCUT2D eigenvalue weighted by atomic mass is 79.9. The van der Waals surface area contributed by atoms with Gasteiger partial charge in [0, 0.05) is 23.5 Å². The van der Waals surface area contributed by atoms with Crippen molar-refractivity contribution in [3.63, 3.8) is 0 Å². The first-order valence-corrected chi connectivity index (χ1v) is 16.2. The highest BCUT2D eigenvalue weighted by molar-refractivity contribution is 9.10. The monoisotopic (exact) mass is 645 g/mol. The van der Waals surface area contributed by atoms with Crippen molar-refractivity contribution in [3.8, 4) is 0 Å². The minimum absolute atomic E-state index is 0.0595. The largest absolute Gasteiger partial charge is 0.352 e. The maximum atomic E-state index is 14.1. The van der Waals surface area contributed by atoms with Gasteiger partial charge in [0.15, 0.2) is 0 Å². The second kappa shape index (κ2) is 13.7. The summed E-state index contributed by atoms with van der Waals surface area (Å²) in [4.78, 5) is 29.5. The molecule has 7 nitrogen and oxygen atoms in total. The summed E-state index contributed by atoms with van der Waals surface area (Å²) in [5.74, 6) is -0.754. The van der Waals surface area contributed by atoms with Crippen molar-refractivity contribution in [2.45, 2.75) is 50.7 Å². The van der Waals surface area contributed by atoms with E-state index < -0.39 is 28.5 Å². The summed E-state index contributed by atoms with van der Waals surface area (Å²) < 4.78 is 27.6. The Morgan fingerprint density at radius 2 is 1.62 bits per heavy atom. The number of hydrogen-bond acceptors (Lipinski definition) is 4.